The Labute approximate surface area is 92.9 Å². The quantitative estimate of drug-likeness (QED) is 0.292. The topological polar surface area (TPSA) is 46.5 Å². The summed E-state index contributed by atoms with van der Waals surface area (Å²) in [7, 11) is 0. The number of halogens is 4. The predicted molar refractivity (Wildman–Crippen MR) is 48.0 cm³/mol. The fourth-order valence-corrected chi connectivity index (χ4v) is 1.03. The SMILES string of the molecule is C=CC(=O)Oc1c(F)c(F)c(CO)c(F)c1F. The van der Waals surface area contributed by atoms with Crippen molar-refractivity contribution in [2.24, 2.45) is 0 Å². The van der Waals surface area contributed by atoms with Gasteiger partial charge in [0, 0.05) is 6.08 Å². The zero-order chi connectivity index (χ0) is 13.2. The molecule has 0 unspecified atom stereocenters. The van der Waals surface area contributed by atoms with Crippen LogP contribution in [0.5, 0.6) is 5.75 Å². The summed E-state index contributed by atoms with van der Waals surface area (Å²) in [6, 6.07) is 0. The van der Waals surface area contributed by atoms with E-state index in [1.807, 2.05) is 0 Å². The van der Waals surface area contributed by atoms with E-state index in [0.29, 0.717) is 6.08 Å². The number of rotatable bonds is 3. The van der Waals surface area contributed by atoms with Crippen molar-refractivity contribution in [3.8, 4) is 5.75 Å². The minimum absolute atomic E-state index is 0.564. The molecule has 0 spiro atoms. The molecule has 0 amide bonds. The number of hydrogen-bond acceptors (Lipinski definition) is 3. The molecule has 0 atom stereocenters. The van der Waals surface area contributed by atoms with Crippen molar-refractivity contribution in [2.75, 3.05) is 0 Å². The van der Waals surface area contributed by atoms with Crippen LogP contribution in [0.2, 0.25) is 0 Å². The molecule has 0 aliphatic carbocycles. The first-order valence-corrected chi connectivity index (χ1v) is 4.24. The van der Waals surface area contributed by atoms with E-state index in [9.17, 15) is 22.4 Å². The number of esters is 1. The molecule has 3 nitrogen and oxygen atoms in total. The number of ether oxygens (including phenoxy) is 1. The molecule has 0 aromatic heterocycles. The highest BCUT2D eigenvalue weighted by atomic mass is 19.2. The summed E-state index contributed by atoms with van der Waals surface area (Å²) in [6.07, 6.45) is 0.564. The molecule has 0 saturated heterocycles. The lowest BCUT2D eigenvalue weighted by molar-refractivity contribution is -0.129. The van der Waals surface area contributed by atoms with Gasteiger partial charge in [0.1, 0.15) is 0 Å². The third-order valence-corrected chi connectivity index (χ3v) is 1.84. The molecule has 0 aliphatic heterocycles. The molecule has 17 heavy (non-hydrogen) atoms. The number of carbonyl (C=O) groups excluding carboxylic acids is 1. The normalized spacial score (nSPS) is 10.2. The van der Waals surface area contributed by atoms with Gasteiger partial charge < -0.3 is 9.84 Å². The second kappa shape index (κ2) is 4.96. The molecule has 1 N–H and O–H groups in total. The Morgan fingerprint density at radius 3 is 2.00 bits per heavy atom. The lowest BCUT2D eigenvalue weighted by atomic mass is 10.1. The third kappa shape index (κ3) is 2.28. The zero-order valence-electron chi connectivity index (χ0n) is 8.27. The van der Waals surface area contributed by atoms with Gasteiger partial charge in [-0.2, -0.15) is 8.78 Å². The minimum Gasteiger partial charge on any atom is -0.417 e. The van der Waals surface area contributed by atoms with Gasteiger partial charge in [-0.25, -0.2) is 13.6 Å². The second-order valence-corrected chi connectivity index (χ2v) is 2.85. The first-order valence-electron chi connectivity index (χ1n) is 4.24. The van der Waals surface area contributed by atoms with Crippen molar-refractivity contribution in [1.82, 2.24) is 0 Å². The van der Waals surface area contributed by atoms with Crippen molar-refractivity contribution in [3.63, 3.8) is 0 Å². The van der Waals surface area contributed by atoms with Crippen molar-refractivity contribution < 1.29 is 32.2 Å². The highest BCUT2D eigenvalue weighted by Crippen LogP contribution is 2.30. The average Bonchev–Trinajstić information content (AvgIpc) is 2.32. The molecule has 7 heteroatoms. The average molecular weight is 250 g/mol. The van der Waals surface area contributed by atoms with E-state index in [1.165, 1.54) is 0 Å². The van der Waals surface area contributed by atoms with Crippen LogP contribution in [0.4, 0.5) is 17.6 Å². The van der Waals surface area contributed by atoms with Crippen LogP contribution in [0.3, 0.4) is 0 Å². The molecule has 0 aliphatic rings. The maximum Gasteiger partial charge on any atom is 0.335 e. The van der Waals surface area contributed by atoms with Crippen molar-refractivity contribution >= 4 is 5.97 Å². The highest BCUT2D eigenvalue weighted by molar-refractivity contribution is 5.83. The second-order valence-electron chi connectivity index (χ2n) is 2.85. The van der Waals surface area contributed by atoms with Gasteiger partial charge in [-0.1, -0.05) is 6.58 Å². The predicted octanol–water partition coefficient (Wildman–Crippen LogP) is 1.83. The molecular weight excluding hydrogens is 244 g/mol. The van der Waals surface area contributed by atoms with E-state index in [-0.39, 0.29) is 0 Å². The van der Waals surface area contributed by atoms with Crippen LogP contribution in [0.15, 0.2) is 12.7 Å². The number of aliphatic hydroxyl groups is 1. The summed E-state index contributed by atoms with van der Waals surface area (Å²) in [5.41, 5.74) is -1.18. The van der Waals surface area contributed by atoms with Crippen molar-refractivity contribution in [2.45, 2.75) is 6.61 Å². The van der Waals surface area contributed by atoms with Crippen molar-refractivity contribution in [1.29, 1.82) is 0 Å². The fourth-order valence-electron chi connectivity index (χ4n) is 1.03. The van der Waals surface area contributed by atoms with E-state index in [2.05, 4.69) is 11.3 Å². The largest absolute Gasteiger partial charge is 0.417 e. The first-order chi connectivity index (χ1) is 7.93. The molecule has 1 rings (SSSR count). The Kier molecular flexibility index (Phi) is 3.84. The molecule has 0 heterocycles. The van der Waals surface area contributed by atoms with E-state index >= 15 is 0 Å². The summed E-state index contributed by atoms with van der Waals surface area (Å²) in [5, 5.41) is 8.53. The van der Waals surface area contributed by atoms with E-state index in [4.69, 9.17) is 5.11 Å². The molecule has 0 radical (unpaired) electrons. The Hall–Kier alpha value is -1.89. The Morgan fingerprint density at radius 1 is 1.18 bits per heavy atom. The minimum atomic E-state index is -1.90. The molecular formula is C10H6F4O3. The summed E-state index contributed by atoms with van der Waals surface area (Å²) < 4.78 is 56.6. The molecule has 1 aromatic rings. The summed E-state index contributed by atoms with van der Waals surface area (Å²) in [4.78, 5) is 10.7. The smallest absolute Gasteiger partial charge is 0.335 e. The van der Waals surface area contributed by atoms with Crippen LogP contribution in [0, 0.1) is 23.3 Å². The van der Waals surface area contributed by atoms with Crippen LogP contribution < -0.4 is 4.74 Å². The molecule has 0 bridgehead atoms. The summed E-state index contributed by atoms with van der Waals surface area (Å²) in [6.45, 7) is 1.71. The zero-order valence-corrected chi connectivity index (χ0v) is 8.27. The highest BCUT2D eigenvalue weighted by Gasteiger charge is 2.27. The number of hydrogen-bond donors (Lipinski definition) is 1. The first kappa shape index (κ1) is 13.2. The maximum atomic E-state index is 13.2. The van der Waals surface area contributed by atoms with Gasteiger partial charge >= 0.3 is 5.97 Å². The lowest BCUT2D eigenvalue weighted by Crippen LogP contribution is -2.11. The Balaban J connectivity index is 3.42. The number of carbonyl (C=O) groups is 1. The standard InChI is InChI=1S/C10H6F4O3/c1-2-5(16)17-10-8(13)6(11)4(3-15)7(12)9(10)14/h2,15H,1,3H2. The Bertz CT molecular complexity index is 456. The Morgan fingerprint density at radius 2 is 1.65 bits per heavy atom. The van der Waals surface area contributed by atoms with Crippen molar-refractivity contribution in [3.05, 3.63) is 41.5 Å². The molecule has 92 valence electrons. The van der Waals surface area contributed by atoms with E-state index in [0.717, 1.165) is 0 Å². The van der Waals surface area contributed by atoms with Gasteiger partial charge in [-0.3, -0.25) is 0 Å². The maximum absolute atomic E-state index is 13.2. The van der Waals surface area contributed by atoms with Gasteiger partial charge in [0.25, 0.3) is 0 Å². The van der Waals surface area contributed by atoms with E-state index in [1.54, 1.807) is 0 Å². The summed E-state index contributed by atoms with van der Waals surface area (Å²) in [5.74, 6) is -10.2. The monoisotopic (exact) mass is 250 g/mol. The van der Waals surface area contributed by atoms with Crippen LogP contribution >= 0.6 is 0 Å². The van der Waals surface area contributed by atoms with Gasteiger partial charge in [0.15, 0.2) is 11.6 Å². The van der Waals surface area contributed by atoms with Gasteiger partial charge in [0.2, 0.25) is 17.4 Å². The summed E-state index contributed by atoms with van der Waals surface area (Å²) >= 11 is 0. The number of aliphatic hydroxyl groups excluding tert-OH is 1. The lowest BCUT2D eigenvalue weighted by Gasteiger charge is -2.09. The van der Waals surface area contributed by atoms with Gasteiger partial charge in [-0.15, -0.1) is 0 Å². The van der Waals surface area contributed by atoms with E-state index < -0.39 is 47.2 Å². The molecule has 0 saturated carbocycles. The van der Waals surface area contributed by atoms with Crippen LogP contribution in [-0.2, 0) is 11.4 Å². The third-order valence-electron chi connectivity index (χ3n) is 1.84. The molecule has 0 fully saturated rings. The van der Waals surface area contributed by atoms with Gasteiger partial charge in [-0.05, 0) is 0 Å². The van der Waals surface area contributed by atoms with Crippen LogP contribution in [-0.4, -0.2) is 11.1 Å². The number of benzene rings is 1. The molecule has 1 aromatic carbocycles. The van der Waals surface area contributed by atoms with Crippen LogP contribution in [0.1, 0.15) is 5.56 Å². The fraction of sp³-hybridized carbons (Fsp3) is 0.100. The van der Waals surface area contributed by atoms with Gasteiger partial charge in [0.05, 0.1) is 12.2 Å². The van der Waals surface area contributed by atoms with Crippen LogP contribution in [0.25, 0.3) is 0 Å².